The molecule has 0 spiro atoms. The van der Waals surface area contributed by atoms with Gasteiger partial charge in [0, 0.05) is 13.1 Å². The highest BCUT2D eigenvalue weighted by Crippen LogP contribution is 2.27. The summed E-state index contributed by atoms with van der Waals surface area (Å²) in [5.74, 6) is 0.134. The van der Waals surface area contributed by atoms with E-state index in [4.69, 9.17) is 0 Å². The molecule has 1 aromatic carbocycles. The summed E-state index contributed by atoms with van der Waals surface area (Å²) < 4.78 is 24.9. The lowest BCUT2D eigenvalue weighted by Gasteiger charge is -2.33. The zero-order chi connectivity index (χ0) is 14.9. The van der Waals surface area contributed by atoms with Crippen LogP contribution in [0.15, 0.2) is 24.3 Å². The Labute approximate surface area is 120 Å². The van der Waals surface area contributed by atoms with Gasteiger partial charge < -0.3 is 5.32 Å². The van der Waals surface area contributed by atoms with Crippen LogP contribution < -0.4 is 5.32 Å². The first-order valence-electron chi connectivity index (χ1n) is 6.65. The maximum absolute atomic E-state index is 12.1. The number of nitrogens with one attached hydrogen (secondary N) is 1. The Balaban J connectivity index is 2.38. The summed E-state index contributed by atoms with van der Waals surface area (Å²) in [6, 6.07) is 6.80. The molecule has 20 heavy (non-hydrogen) atoms. The van der Waals surface area contributed by atoms with Crippen LogP contribution in [0, 0.1) is 0 Å². The monoisotopic (exact) mass is 296 g/mol. The number of amides is 1. The van der Waals surface area contributed by atoms with E-state index in [9.17, 15) is 13.2 Å². The summed E-state index contributed by atoms with van der Waals surface area (Å²) in [5, 5.41) is 2.72. The van der Waals surface area contributed by atoms with E-state index in [1.54, 1.807) is 0 Å². The van der Waals surface area contributed by atoms with Crippen molar-refractivity contribution in [3.8, 4) is 0 Å². The first kappa shape index (κ1) is 15.0. The summed E-state index contributed by atoms with van der Waals surface area (Å²) in [6.07, 6.45) is 1.14. The SMILES string of the molecule is CC(C)c1ccc(C2C(=O)NCCN2S(C)(=O)=O)cc1. The van der Waals surface area contributed by atoms with Gasteiger partial charge in [-0.1, -0.05) is 38.1 Å². The van der Waals surface area contributed by atoms with E-state index in [1.165, 1.54) is 4.31 Å². The maximum atomic E-state index is 12.1. The molecular formula is C14H20N2O3S. The van der Waals surface area contributed by atoms with E-state index >= 15 is 0 Å². The molecule has 1 amide bonds. The average molecular weight is 296 g/mol. The molecule has 0 saturated carbocycles. The number of hydrogen-bond donors (Lipinski definition) is 1. The molecular weight excluding hydrogens is 276 g/mol. The molecule has 1 heterocycles. The summed E-state index contributed by atoms with van der Waals surface area (Å²) in [5.41, 5.74) is 1.87. The number of carbonyl (C=O) groups is 1. The molecule has 0 aliphatic carbocycles. The molecule has 5 nitrogen and oxygen atoms in total. The zero-order valence-electron chi connectivity index (χ0n) is 12.0. The van der Waals surface area contributed by atoms with E-state index in [0.717, 1.165) is 11.8 Å². The van der Waals surface area contributed by atoms with Crippen molar-refractivity contribution in [2.45, 2.75) is 25.8 Å². The van der Waals surface area contributed by atoms with Gasteiger partial charge in [0.15, 0.2) is 0 Å². The predicted octanol–water partition coefficient (Wildman–Crippen LogP) is 1.24. The maximum Gasteiger partial charge on any atom is 0.243 e. The van der Waals surface area contributed by atoms with Crippen LogP contribution in [0.5, 0.6) is 0 Å². The van der Waals surface area contributed by atoms with Crippen LogP contribution in [0.4, 0.5) is 0 Å². The highest BCUT2D eigenvalue weighted by Gasteiger charge is 2.36. The Morgan fingerprint density at radius 1 is 1.25 bits per heavy atom. The molecule has 0 bridgehead atoms. The number of nitrogens with zero attached hydrogens (tertiary/aromatic N) is 1. The summed E-state index contributed by atoms with van der Waals surface area (Å²) in [4.78, 5) is 12.1. The number of carbonyl (C=O) groups excluding carboxylic acids is 1. The van der Waals surface area contributed by atoms with Gasteiger partial charge in [-0.25, -0.2) is 8.42 Å². The van der Waals surface area contributed by atoms with Gasteiger partial charge in [0.25, 0.3) is 0 Å². The van der Waals surface area contributed by atoms with Gasteiger partial charge in [-0.3, -0.25) is 4.79 Å². The normalized spacial score (nSPS) is 21.0. The van der Waals surface area contributed by atoms with Gasteiger partial charge in [-0.15, -0.1) is 0 Å². The van der Waals surface area contributed by atoms with E-state index in [1.807, 2.05) is 24.3 Å². The van der Waals surface area contributed by atoms with E-state index < -0.39 is 16.1 Å². The molecule has 1 aliphatic rings. The molecule has 1 N–H and O–H groups in total. The van der Waals surface area contributed by atoms with Crippen LogP contribution in [0.3, 0.4) is 0 Å². The molecule has 6 heteroatoms. The van der Waals surface area contributed by atoms with E-state index in [-0.39, 0.29) is 5.91 Å². The zero-order valence-corrected chi connectivity index (χ0v) is 12.8. The second-order valence-electron chi connectivity index (χ2n) is 5.39. The summed E-state index contributed by atoms with van der Waals surface area (Å²) in [7, 11) is -3.41. The minimum absolute atomic E-state index is 0.265. The third-order valence-electron chi connectivity index (χ3n) is 3.51. The molecule has 1 saturated heterocycles. The first-order chi connectivity index (χ1) is 9.30. The number of sulfonamides is 1. The van der Waals surface area contributed by atoms with Crippen molar-refractivity contribution in [1.82, 2.24) is 9.62 Å². The summed E-state index contributed by atoms with van der Waals surface area (Å²) >= 11 is 0. The Kier molecular flexibility index (Phi) is 4.15. The Bertz CT molecular complexity index is 593. The van der Waals surface area contributed by atoms with Gasteiger partial charge in [-0.2, -0.15) is 4.31 Å². The van der Waals surface area contributed by atoms with Crippen LogP contribution in [-0.4, -0.2) is 38.0 Å². The third kappa shape index (κ3) is 3.02. The van der Waals surface area contributed by atoms with Crippen LogP contribution in [0.2, 0.25) is 0 Å². The number of hydrogen-bond acceptors (Lipinski definition) is 3. The van der Waals surface area contributed by atoms with E-state index in [2.05, 4.69) is 19.2 Å². The van der Waals surface area contributed by atoms with Crippen molar-refractivity contribution in [3.63, 3.8) is 0 Å². The lowest BCUT2D eigenvalue weighted by molar-refractivity contribution is -0.126. The largest absolute Gasteiger partial charge is 0.353 e. The average Bonchev–Trinajstić information content (AvgIpc) is 2.37. The number of piperazine rings is 1. The molecule has 0 aromatic heterocycles. The number of benzene rings is 1. The molecule has 1 atom stereocenters. The van der Waals surface area contributed by atoms with Crippen molar-refractivity contribution in [2.24, 2.45) is 0 Å². The van der Waals surface area contributed by atoms with Gasteiger partial charge in [0.2, 0.25) is 15.9 Å². The fraction of sp³-hybridized carbons (Fsp3) is 0.500. The topological polar surface area (TPSA) is 66.5 Å². The molecule has 0 radical (unpaired) electrons. The van der Waals surface area contributed by atoms with Crippen molar-refractivity contribution in [2.75, 3.05) is 19.3 Å². The van der Waals surface area contributed by atoms with Gasteiger partial charge in [-0.05, 0) is 17.0 Å². The fourth-order valence-corrected chi connectivity index (χ4v) is 3.41. The first-order valence-corrected chi connectivity index (χ1v) is 8.50. The van der Waals surface area contributed by atoms with Crippen molar-refractivity contribution >= 4 is 15.9 Å². The highest BCUT2D eigenvalue weighted by molar-refractivity contribution is 7.88. The Hall–Kier alpha value is -1.40. The molecule has 110 valence electrons. The van der Waals surface area contributed by atoms with Gasteiger partial charge in [0.1, 0.15) is 6.04 Å². The smallest absolute Gasteiger partial charge is 0.243 e. The second-order valence-corrected chi connectivity index (χ2v) is 7.32. The Morgan fingerprint density at radius 3 is 2.35 bits per heavy atom. The molecule has 1 fully saturated rings. The lowest BCUT2D eigenvalue weighted by Crippen LogP contribution is -2.51. The highest BCUT2D eigenvalue weighted by atomic mass is 32.2. The fourth-order valence-electron chi connectivity index (χ4n) is 2.38. The van der Waals surface area contributed by atoms with Crippen molar-refractivity contribution in [1.29, 1.82) is 0 Å². The van der Waals surface area contributed by atoms with Gasteiger partial charge in [0.05, 0.1) is 6.26 Å². The standard InChI is InChI=1S/C14H20N2O3S/c1-10(2)11-4-6-12(7-5-11)13-14(17)15-8-9-16(13)20(3,18)19/h4-7,10,13H,8-9H2,1-3H3,(H,15,17). The van der Waals surface area contributed by atoms with Crippen molar-refractivity contribution < 1.29 is 13.2 Å². The third-order valence-corrected chi connectivity index (χ3v) is 4.76. The predicted molar refractivity (Wildman–Crippen MR) is 77.8 cm³/mol. The summed E-state index contributed by atoms with van der Waals surface area (Å²) in [6.45, 7) is 4.84. The molecule has 1 aliphatic heterocycles. The minimum atomic E-state index is -3.41. The quantitative estimate of drug-likeness (QED) is 0.912. The second kappa shape index (κ2) is 5.54. The van der Waals surface area contributed by atoms with Crippen LogP contribution in [-0.2, 0) is 14.8 Å². The van der Waals surface area contributed by atoms with Crippen LogP contribution in [0.1, 0.15) is 36.9 Å². The van der Waals surface area contributed by atoms with E-state index in [0.29, 0.717) is 24.6 Å². The minimum Gasteiger partial charge on any atom is -0.353 e. The number of rotatable bonds is 3. The molecule has 1 aromatic rings. The molecule has 2 rings (SSSR count). The van der Waals surface area contributed by atoms with Crippen LogP contribution in [0.25, 0.3) is 0 Å². The van der Waals surface area contributed by atoms with Gasteiger partial charge >= 0.3 is 0 Å². The van der Waals surface area contributed by atoms with Crippen LogP contribution >= 0.6 is 0 Å². The Morgan fingerprint density at radius 2 is 1.85 bits per heavy atom. The van der Waals surface area contributed by atoms with Crippen molar-refractivity contribution in [3.05, 3.63) is 35.4 Å². The molecule has 1 unspecified atom stereocenters. The lowest BCUT2D eigenvalue weighted by atomic mass is 9.98.